The molecule has 4 nitrogen and oxygen atoms in total. The minimum Gasteiger partial charge on any atom is -0.375 e. The molecule has 1 aliphatic heterocycles. The lowest BCUT2D eigenvalue weighted by atomic mass is 9.92. The summed E-state index contributed by atoms with van der Waals surface area (Å²) in [5, 5.41) is 0. The summed E-state index contributed by atoms with van der Waals surface area (Å²) in [5.74, 6) is 0.0878. The number of halogens is 1. The summed E-state index contributed by atoms with van der Waals surface area (Å²) in [7, 11) is -3.26. The largest absolute Gasteiger partial charge is 0.375 e. The molecule has 2 aliphatic rings. The number of nitrogens with zero attached hydrogens (tertiary/aromatic N) is 1. The molecule has 6 heteroatoms. The minimum atomic E-state index is -3.26. The van der Waals surface area contributed by atoms with E-state index in [1.165, 1.54) is 0 Å². The smallest absolute Gasteiger partial charge is 0.217 e. The van der Waals surface area contributed by atoms with E-state index in [1.54, 1.807) is 4.31 Å². The predicted octanol–water partition coefficient (Wildman–Crippen LogP) is 2.92. The van der Waals surface area contributed by atoms with Gasteiger partial charge in [-0.25, -0.2) is 8.42 Å². The highest BCUT2D eigenvalue weighted by molar-refractivity contribution is 9.10. The van der Waals surface area contributed by atoms with Crippen LogP contribution < -0.4 is 0 Å². The summed E-state index contributed by atoms with van der Waals surface area (Å²) in [4.78, 5) is 0. The van der Waals surface area contributed by atoms with Gasteiger partial charge in [0.05, 0.1) is 24.5 Å². The van der Waals surface area contributed by atoms with Crippen molar-refractivity contribution in [2.24, 2.45) is 0 Å². The second-order valence-corrected chi connectivity index (χ2v) is 8.61. The van der Waals surface area contributed by atoms with Gasteiger partial charge in [0.2, 0.25) is 10.0 Å². The molecule has 0 N–H and O–H groups in total. The van der Waals surface area contributed by atoms with Crippen molar-refractivity contribution < 1.29 is 13.2 Å². The van der Waals surface area contributed by atoms with Gasteiger partial charge in [0, 0.05) is 11.0 Å². The summed E-state index contributed by atoms with van der Waals surface area (Å²) in [6.45, 7) is 0.740. The third kappa shape index (κ3) is 3.33. The Hall–Kier alpha value is -0.430. The van der Waals surface area contributed by atoms with Gasteiger partial charge < -0.3 is 4.74 Å². The molecule has 21 heavy (non-hydrogen) atoms. The maximum Gasteiger partial charge on any atom is 0.217 e. The molecular formula is C15H20BrNO3S. The van der Waals surface area contributed by atoms with E-state index in [0.29, 0.717) is 13.2 Å². The summed E-state index contributed by atoms with van der Waals surface area (Å²) in [5.41, 5.74) is 1.01. The molecule has 1 saturated heterocycles. The Kier molecular flexibility index (Phi) is 4.69. The maximum atomic E-state index is 12.6. The van der Waals surface area contributed by atoms with Crippen LogP contribution in [0.2, 0.25) is 0 Å². The molecule has 0 unspecified atom stereocenters. The van der Waals surface area contributed by atoms with Crippen molar-refractivity contribution >= 4 is 26.0 Å². The first-order chi connectivity index (χ1) is 10.1. The van der Waals surface area contributed by atoms with Crippen LogP contribution in [0, 0.1) is 0 Å². The van der Waals surface area contributed by atoms with Crippen LogP contribution in [0.1, 0.15) is 31.2 Å². The lowest BCUT2D eigenvalue weighted by Gasteiger charge is -2.36. The second kappa shape index (κ2) is 6.36. The molecule has 116 valence electrons. The molecule has 3 rings (SSSR count). The number of sulfonamides is 1. The number of ether oxygens (including phenoxy) is 1. The van der Waals surface area contributed by atoms with Crippen LogP contribution in [-0.4, -0.2) is 37.2 Å². The molecule has 0 spiro atoms. The topological polar surface area (TPSA) is 46.6 Å². The highest BCUT2D eigenvalue weighted by Crippen LogP contribution is 2.32. The third-order valence-electron chi connectivity index (χ3n) is 4.35. The Bertz CT molecular complexity index is 605. The molecule has 2 atom stereocenters. The molecule has 1 aliphatic carbocycles. The van der Waals surface area contributed by atoms with E-state index in [9.17, 15) is 8.42 Å². The summed E-state index contributed by atoms with van der Waals surface area (Å²) >= 11 is 3.52. The number of rotatable bonds is 2. The predicted molar refractivity (Wildman–Crippen MR) is 85.5 cm³/mol. The first kappa shape index (κ1) is 15.5. The molecule has 1 heterocycles. The Morgan fingerprint density at radius 2 is 2.00 bits per heavy atom. The summed E-state index contributed by atoms with van der Waals surface area (Å²) < 4.78 is 33.7. The first-order valence-corrected chi connectivity index (χ1v) is 9.83. The molecule has 0 radical (unpaired) electrons. The lowest BCUT2D eigenvalue weighted by molar-refractivity contribution is -0.00104. The zero-order valence-electron chi connectivity index (χ0n) is 11.9. The van der Waals surface area contributed by atoms with Crippen molar-refractivity contribution in [1.82, 2.24) is 4.31 Å². The van der Waals surface area contributed by atoms with E-state index in [4.69, 9.17) is 4.74 Å². The Morgan fingerprint density at radius 3 is 2.81 bits per heavy atom. The van der Waals surface area contributed by atoms with Crippen LogP contribution in [0.25, 0.3) is 0 Å². The second-order valence-electron chi connectivity index (χ2n) is 5.71. The van der Waals surface area contributed by atoms with Crippen molar-refractivity contribution in [3.63, 3.8) is 0 Å². The van der Waals surface area contributed by atoms with Gasteiger partial charge in [-0.2, -0.15) is 4.31 Å². The summed E-state index contributed by atoms with van der Waals surface area (Å²) in [6.07, 6.45) is 4.12. The number of hydrogen-bond donors (Lipinski definition) is 0. The van der Waals surface area contributed by atoms with Crippen LogP contribution >= 0.6 is 15.9 Å². The van der Waals surface area contributed by atoms with Crippen LogP contribution in [0.15, 0.2) is 28.7 Å². The fourth-order valence-corrected chi connectivity index (χ4v) is 5.18. The Labute approximate surface area is 134 Å². The van der Waals surface area contributed by atoms with Gasteiger partial charge in [0.15, 0.2) is 0 Å². The lowest BCUT2D eigenvalue weighted by Crippen LogP contribution is -2.47. The minimum absolute atomic E-state index is 0.0154. The van der Waals surface area contributed by atoms with E-state index >= 15 is 0 Å². The quantitative estimate of drug-likeness (QED) is 0.800. The van der Waals surface area contributed by atoms with Crippen molar-refractivity contribution in [2.75, 3.05) is 12.4 Å². The molecule has 0 amide bonds. The normalized spacial score (nSPS) is 29.6. The van der Waals surface area contributed by atoms with Crippen LogP contribution in [0.3, 0.4) is 0 Å². The van der Waals surface area contributed by atoms with Gasteiger partial charge in [-0.3, -0.25) is 0 Å². The van der Waals surface area contributed by atoms with Gasteiger partial charge >= 0.3 is 0 Å². The number of benzene rings is 1. The highest BCUT2D eigenvalue weighted by atomic mass is 79.9. The monoisotopic (exact) mass is 373 g/mol. The molecular weight excluding hydrogens is 354 g/mol. The molecule has 1 aromatic rings. The van der Waals surface area contributed by atoms with E-state index in [2.05, 4.69) is 15.9 Å². The molecule has 0 bridgehead atoms. The Balaban J connectivity index is 1.92. The average molecular weight is 374 g/mol. The fraction of sp³-hybridized carbons (Fsp3) is 0.600. The molecule has 0 aromatic heterocycles. The Morgan fingerprint density at radius 1 is 1.24 bits per heavy atom. The molecule has 1 saturated carbocycles. The number of hydrogen-bond acceptors (Lipinski definition) is 3. The van der Waals surface area contributed by atoms with Crippen molar-refractivity contribution in [1.29, 1.82) is 0 Å². The highest BCUT2D eigenvalue weighted by Gasteiger charge is 2.39. The van der Waals surface area contributed by atoms with Crippen LogP contribution in [0.4, 0.5) is 0 Å². The molecule has 2 fully saturated rings. The fourth-order valence-electron chi connectivity index (χ4n) is 3.24. The average Bonchev–Trinajstić information content (AvgIpc) is 2.58. The zero-order chi connectivity index (χ0) is 14.9. The standard InChI is InChI=1S/C15H20BrNO3S/c16-13-6-2-1-5-12(13)11-17-14-7-3-4-8-15(14)20-9-10-21(17,18)19/h1-2,5-6,14-15H,3-4,7-11H2/t14-,15-/m0/s1. The van der Waals surface area contributed by atoms with Gasteiger partial charge in [0.1, 0.15) is 0 Å². The third-order valence-corrected chi connectivity index (χ3v) is 6.92. The van der Waals surface area contributed by atoms with Gasteiger partial charge in [-0.15, -0.1) is 0 Å². The van der Waals surface area contributed by atoms with E-state index in [0.717, 1.165) is 35.7 Å². The van der Waals surface area contributed by atoms with Gasteiger partial charge in [-0.1, -0.05) is 47.0 Å². The van der Waals surface area contributed by atoms with Crippen molar-refractivity contribution in [2.45, 2.75) is 44.4 Å². The summed E-state index contributed by atoms with van der Waals surface area (Å²) in [6, 6.07) is 7.80. The van der Waals surface area contributed by atoms with E-state index < -0.39 is 10.0 Å². The van der Waals surface area contributed by atoms with Crippen LogP contribution in [0.5, 0.6) is 0 Å². The van der Waals surface area contributed by atoms with E-state index in [-0.39, 0.29) is 17.9 Å². The zero-order valence-corrected chi connectivity index (χ0v) is 14.3. The number of fused-ring (bicyclic) bond motifs is 1. The first-order valence-electron chi connectivity index (χ1n) is 7.42. The maximum absolute atomic E-state index is 12.6. The van der Waals surface area contributed by atoms with Crippen molar-refractivity contribution in [3.05, 3.63) is 34.3 Å². The SMILES string of the molecule is O=S1(=O)CCO[C@H]2CCCC[C@@H]2N1Cc1ccccc1Br. The van der Waals surface area contributed by atoms with E-state index in [1.807, 2.05) is 24.3 Å². The van der Waals surface area contributed by atoms with Crippen LogP contribution in [-0.2, 0) is 21.3 Å². The molecule has 1 aromatic carbocycles. The van der Waals surface area contributed by atoms with Gasteiger partial charge in [-0.05, 0) is 24.5 Å². The van der Waals surface area contributed by atoms with Gasteiger partial charge in [0.25, 0.3) is 0 Å². The van der Waals surface area contributed by atoms with Crippen molar-refractivity contribution in [3.8, 4) is 0 Å².